The van der Waals surface area contributed by atoms with Crippen molar-refractivity contribution in [3.8, 4) is 0 Å². The Morgan fingerprint density at radius 2 is 1.86 bits per heavy atom. The van der Waals surface area contributed by atoms with E-state index in [4.69, 9.17) is 5.73 Å². The van der Waals surface area contributed by atoms with Crippen molar-refractivity contribution in [2.45, 2.75) is 58.5 Å². The summed E-state index contributed by atoms with van der Waals surface area (Å²) in [6, 6.07) is 0.748. The van der Waals surface area contributed by atoms with Gasteiger partial charge in [-0.2, -0.15) is 0 Å². The molecule has 1 aliphatic carbocycles. The van der Waals surface area contributed by atoms with Crippen molar-refractivity contribution in [1.29, 1.82) is 0 Å². The first-order valence-electron chi connectivity index (χ1n) is 5.69. The maximum Gasteiger partial charge on any atom is 0.189 e. The third kappa shape index (κ3) is 3.56. The molecule has 0 bridgehead atoms. The lowest BCUT2D eigenvalue weighted by Gasteiger charge is -2.16. The minimum Gasteiger partial charge on any atom is -0.370 e. The van der Waals surface area contributed by atoms with Crippen LogP contribution in [0.4, 0.5) is 0 Å². The molecule has 0 spiro atoms. The van der Waals surface area contributed by atoms with E-state index < -0.39 is 0 Å². The van der Waals surface area contributed by atoms with Gasteiger partial charge in [-0.3, -0.25) is 4.99 Å². The monoisotopic (exact) mass is 197 g/mol. The van der Waals surface area contributed by atoms with E-state index in [1.54, 1.807) is 0 Å². The first-order valence-corrected chi connectivity index (χ1v) is 5.69. The highest BCUT2D eigenvalue weighted by atomic mass is 15.1. The van der Waals surface area contributed by atoms with Gasteiger partial charge in [0.2, 0.25) is 0 Å². The van der Waals surface area contributed by atoms with Gasteiger partial charge in [-0.25, -0.2) is 0 Å². The molecule has 0 unspecified atom stereocenters. The number of hydrogen-bond donors (Lipinski definition) is 2. The molecule has 1 fully saturated rings. The van der Waals surface area contributed by atoms with Crippen LogP contribution in [0.25, 0.3) is 0 Å². The van der Waals surface area contributed by atoms with Crippen LogP contribution in [0.15, 0.2) is 4.99 Å². The van der Waals surface area contributed by atoms with Gasteiger partial charge in [0.25, 0.3) is 0 Å². The van der Waals surface area contributed by atoms with Crippen LogP contribution in [0.5, 0.6) is 0 Å². The summed E-state index contributed by atoms with van der Waals surface area (Å²) in [5, 5.41) is 3.12. The Hall–Kier alpha value is -0.730. The summed E-state index contributed by atoms with van der Waals surface area (Å²) in [5.74, 6) is 1.35. The van der Waals surface area contributed by atoms with Gasteiger partial charge in [0.15, 0.2) is 5.96 Å². The maximum atomic E-state index is 5.78. The molecule has 0 saturated heterocycles. The average molecular weight is 197 g/mol. The Labute approximate surface area is 87.2 Å². The molecule has 0 aromatic heterocycles. The second kappa shape index (κ2) is 5.23. The van der Waals surface area contributed by atoms with E-state index in [0.29, 0.717) is 18.0 Å². The molecule has 0 aromatic rings. The van der Waals surface area contributed by atoms with Crippen LogP contribution in [0.1, 0.15) is 46.5 Å². The van der Waals surface area contributed by atoms with Crippen molar-refractivity contribution >= 4 is 5.96 Å². The van der Waals surface area contributed by atoms with E-state index >= 15 is 0 Å². The van der Waals surface area contributed by atoms with Crippen LogP contribution >= 0.6 is 0 Å². The van der Waals surface area contributed by atoms with Crippen LogP contribution in [-0.4, -0.2) is 18.0 Å². The number of hydrogen-bond acceptors (Lipinski definition) is 1. The number of aliphatic imine (C=N–C) groups is 1. The zero-order valence-electron chi connectivity index (χ0n) is 9.59. The summed E-state index contributed by atoms with van der Waals surface area (Å²) >= 11 is 0. The third-order valence-electron chi connectivity index (χ3n) is 2.86. The molecule has 3 heteroatoms. The van der Waals surface area contributed by atoms with Gasteiger partial charge in [-0.1, -0.05) is 12.8 Å². The molecule has 0 aromatic carbocycles. The van der Waals surface area contributed by atoms with Gasteiger partial charge in [-0.15, -0.1) is 0 Å². The summed E-state index contributed by atoms with van der Waals surface area (Å²) in [6.45, 7) is 6.32. The molecule has 1 atom stereocenters. The fourth-order valence-electron chi connectivity index (χ4n) is 2.10. The van der Waals surface area contributed by atoms with E-state index in [0.717, 1.165) is 5.92 Å². The van der Waals surface area contributed by atoms with Gasteiger partial charge >= 0.3 is 0 Å². The third-order valence-corrected chi connectivity index (χ3v) is 2.86. The Bertz CT molecular complexity index is 193. The molecule has 0 heterocycles. The highest BCUT2D eigenvalue weighted by Gasteiger charge is 2.21. The predicted molar refractivity (Wildman–Crippen MR) is 61.3 cm³/mol. The highest BCUT2D eigenvalue weighted by molar-refractivity contribution is 5.78. The second-order valence-electron chi connectivity index (χ2n) is 4.60. The van der Waals surface area contributed by atoms with E-state index in [1.165, 1.54) is 25.7 Å². The van der Waals surface area contributed by atoms with Gasteiger partial charge in [-0.05, 0) is 39.5 Å². The average Bonchev–Trinajstić information content (AvgIpc) is 2.53. The minimum atomic E-state index is 0.370. The largest absolute Gasteiger partial charge is 0.370 e. The molecule has 0 aliphatic heterocycles. The smallest absolute Gasteiger partial charge is 0.189 e. The molecular formula is C11H23N3. The van der Waals surface area contributed by atoms with Gasteiger partial charge < -0.3 is 11.1 Å². The lowest BCUT2D eigenvalue weighted by Crippen LogP contribution is -2.38. The zero-order valence-corrected chi connectivity index (χ0v) is 9.59. The molecule has 1 aliphatic rings. The first-order chi connectivity index (χ1) is 6.59. The summed E-state index contributed by atoms with van der Waals surface area (Å²) < 4.78 is 0. The van der Waals surface area contributed by atoms with E-state index in [2.05, 4.69) is 31.1 Å². The molecule has 0 amide bonds. The van der Waals surface area contributed by atoms with Crippen LogP contribution in [0.3, 0.4) is 0 Å². The maximum absolute atomic E-state index is 5.78. The summed E-state index contributed by atoms with van der Waals surface area (Å²) in [6.07, 6.45) is 5.36. The SMILES string of the molecule is CC(C)NC(N)=N[C@H](C)C1CCCC1. The fourth-order valence-corrected chi connectivity index (χ4v) is 2.10. The summed E-state index contributed by atoms with van der Waals surface area (Å²) in [7, 11) is 0. The lowest BCUT2D eigenvalue weighted by molar-refractivity contribution is 0.458. The Morgan fingerprint density at radius 3 is 2.36 bits per heavy atom. The van der Waals surface area contributed by atoms with E-state index in [-0.39, 0.29) is 0 Å². The van der Waals surface area contributed by atoms with E-state index in [9.17, 15) is 0 Å². The van der Waals surface area contributed by atoms with Crippen molar-refractivity contribution in [2.75, 3.05) is 0 Å². The molecule has 0 radical (unpaired) electrons. The lowest BCUT2D eigenvalue weighted by atomic mass is 10.0. The number of guanidine groups is 1. The Kier molecular flexibility index (Phi) is 4.23. The predicted octanol–water partition coefficient (Wildman–Crippen LogP) is 1.88. The van der Waals surface area contributed by atoms with Crippen LogP contribution in [0, 0.1) is 5.92 Å². The standard InChI is InChI=1S/C11H23N3/c1-8(2)13-11(12)14-9(3)10-6-4-5-7-10/h8-10H,4-7H2,1-3H3,(H3,12,13,14)/t9-/m1/s1. The zero-order chi connectivity index (χ0) is 10.6. The molecule has 3 N–H and O–H groups in total. The van der Waals surface area contributed by atoms with Gasteiger partial charge in [0.1, 0.15) is 0 Å². The molecule has 1 rings (SSSR count). The molecule has 3 nitrogen and oxygen atoms in total. The van der Waals surface area contributed by atoms with Crippen molar-refractivity contribution in [2.24, 2.45) is 16.6 Å². The normalized spacial score (nSPS) is 21.6. The van der Waals surface area contributed by atoms with Gasteiger partial charge in [0.05, 0.1) is 6.04 Å². The number of rotatable bonds is 3. The Balaban J connectivity index is 2.39. The highest BCUT2D eigenvalue weighted by Crippen LogP contribution is 2.28. The molecule has 82 valence electrons. The van der Waals surface area contributed by atoms with E-state index in [1.807, 2.05) is 0 Å². The number of nitrogens with zero attached hydrogens (tertiary/aromatic N) is 1. The number of nitrogens with one attached hydrogen (secondary N) is 1. The second-order valence-corrected chi connectivity index (χ2v) is 4.60. The van der Waals surface area contributed by atoms with Gasteiger partial charge in [0, 0.05) is 6.04 Å². The van der Waals surface area contributed by atoms with Crippen LogP contribution in [-0.2, 0) is 0 Å². The van der Waals surface area contributed by atoms with Crippen LogP contribution in [0.2, 0.25) is 0 Å². The molecular weight excluding hydrogens is 174 g/mol. The number of nitrogens with two attached hydrogens (primary N) is 1. The van der Waals surface area contributed by atoms with Crippen molar-refractivity contribution in [3.63, 3.8) is 0 Å². The van der Waals surface area contributed by atoms with Crippen molar-refractivity contribution < 1.29 is 0 Å². The fraction of sp³-hybridized carbons (Fsp3) is 0.909. The molecule has 14 heavy (non-hydrogen) atoms. The van der Waals surface area contributed by atoms with Crippen molar-refractivity contribution in [3.05, 3.63) is 0 Å². The van der Waals surface area contributed by atoms with Crippen molar-refractivity contribution in [1.82, 2.24) is 5.32 Å². The summed E-state index contributed by atoms with van der Waals surface area (Å²) in [4.78, 5) is 4.48. The molecule has 1 saturated carbocycles. The minimum absolute atomic E-state index is 0.370. The topological polar surface area (TPSA) is 50.4 Å². The van der Waals surface area contributed by atoms with Crippen LogP contribution < -0.4 is 11.1 Å². The first kappa shape index (κ1) is 11.3. The quantitative estimate of drug-likeness (QED) is 0.536. The Morgan fingerprint density at radius 1 is 1.29 bits per heavy atom. The summed E-state index contributed by atoms with van der Waals surface area (Å²) in [5.41, 5.74) is 5.78.